The van der Waals surface area contributed by atoms with Crippen molar-refractivity contribution in [3.05, 3.63) is 75.2 Å². The van der Waals surface area contributed by atoms with Crippen LogP contribution in [0.3, 0.4) is 0 Å². The van der Waals surface area contributed by atoms with Crippen molar-refractivity contribution in [1.29, 1.82) is 0 Å². The lowest BCUT2D eigenvalue weighted by Gasteiger charge is -2.09. The van der Waals surface area contributed by atoms with Gasteiger partial charge in [0.2, 0.25) is 0 Å². The SMILES string of the molecule is Fc1ccc(Cn2cc(NC(=S)Nc3cc(Cl)cc(Cl)c3)cn2)c(Cl)c1. The molecule has 0 radical (unpaired) electrons. The minimum atomic E-state index is -0.376. The zero-order valence-electron chi connectivity index (χ0n) is 13.1. The first-order valence-electron chi connectivity index (χ1n) is 7.39. The number of benzene rings is 2. The number of rotatable bonds is 4. The summed E-state index contributed by atoms with van der Waals surface area (Å²) in [4.78, 5) is 0. The molecule has 0 aliphatic heterocycles. The third kappa shape index (κ3) is 5.08. The van der Waals surface area contributed by atoms with Gasteiger partial charge in [-0.3, -0.25) is 4.68 Å². The van der Waals surface area contributed by atoms with Crippen molar-refractivity contribution >= 4 is 63.5 Å². The summed E-state index contributed by atoms with van der Waals surface area (Å²) in [6.45, 7) is 0.408. The van der Waals surface area contributed by atoms with Crippen LogP contribution < -0.4 is 10.6 Å². The molecule has 0 aliphatic rings. The second-order valence-corrected chi connectivity index (χ2v) is 7.09. The molecule has 0 saturated heterocycles. The van der Waals surface area contributed by atoms with Crippen LogP contribution in [0.15, 0.2) is 48.8 Å². The van der Waals surface area contributed by atoms with Crippen molar-refractivity contribution < 1.29 is 4.39 Å². The lowest BCUT2D eigenvalue weighted by Crippen LogP contribution is -2.18. The largest absolute Gasteiger partial charge is 0.332 e. The van der Waals surface area contributed by atoms with Crippen LogP contribution >= 0.6 is 47.0 Å². The quantitative estimate of drug-likeness (QED) is 0.511. The van der Waals surface area contributed by atoms with Gasteiger partial charge in [0.25, 0.3) is 0 Å². The molecule has 26 heavy (non-hydrogen) atoms. The van der Waals surface area contributed by atoms with Crippen molar-refractivity contribution in [2.24, 2.45) is 0 Å². The summed E-state index contributed by atoms with van der Waals surface area (Å²) in [5.74, 6) is -0.376. The first-order chi connectivity index (χ1) is 12.4. The second kappa shape index (κ2) is 8.22. The zero-order valence-corrected chi connectivity index (χ0v) is 16.2. The van der Waals surface area contributed by atoms with Gasteiger partial charge in [0.1, 0.15) is 5.82 Å². The van der Waals surface area contributed by atoms with Crippen LogP contribution in [0.2, 0.25) is 15.1 Å². The van der Waals surface area contributed by atoms with E-state index in [0.29, 0.717) is 38.1 Å². The Morgan fingerprint density at radius 1 is 1.04 bits per heavy atom. The van der Waals surface area contributed by atoms with E-state index in [9.17, 15) is 4.39 Å². The Balaban J connectivity index is 1.63. The average Bonchev–Trinajstić information content (AvgIpc) is 2.96. The normalized spacial score (nSPS) is 10.6. The van der Waals surface area contributed by atoms with E-state index in [1.807, 2.05) is 0 Å². The number of halogens is 4. The first kappa shape index (κ1) is 18.9. The van der Waals surface area contributed by atoms with Crippen molar-refractivity contribution in [3.63, 3.8) is 0 Å². The fourth-order valence-electron chi connectivity index (χ4n) is 2.26. The minimum Gasteiger partial charge on any atom is -0.332 e. The van der Waals surface area contributed by atoms with Crippen LogP contribution in [-0.2, 0) is 6.54 Å². The standard InChI is InChI=1S/C17H12Cl3FN4S/c18-11-3-12(19)5-14(4-11)23-17(26)24-15-7-22-25(9-15)8-10-1-2-13(21)6-16(10)20/h1-7,9H,8H2,(H2,23,24,26). The van der Waals surface area contributed by atoms with Crippen LogP contribution in [-0.4, -0.2) is 14.9 Å². The Morgan fingerprint density at radius 2 is 1.73 bits per heavy atom. The van der Waals surface area contributed by atoms with E-state index in [1.54, 1.807) is 41.3 Å². The molecule has 3 aromatic rings. The van der Waals surface area contributed by atoms with E-state index in [-0.39, 0.29) is 5.82 Å². The Hall–Kier alpha value is -1.86. The van der Waals surface area contributed by atoms with Gasteiger partial charge in [-0.1, -0.05) is 40.9 Å². The molecular weight excluding hydrogens is 418 g/mol. The van der Waals surface area contributed by atoms with Gasteiger partial charge in [0.05, 0.1) is 18.4 Å². The third-order valence-electron chi connectivity index (χ3n) is 3.36. The van der Waals surface area contributed by atoms with Gasteiger partial charge < -0.3 is 10.6 Å². The summed E-state index contributed by atoms with van der Waals surface area (Å²) in [6.07, 6.45) is 3.38. The smallest absolute Gasteiger partial charge is 0.175 e. The monoisotopic (exact) mass is 428 g/mol. The number of nitrogens with zero attached hydrogens (tertiary/aromatic N) is 2. The molecule has 0 bridgehead atoms. The molecule has 2 N–H and O–H groups in total. The molecule has 2 aromatic carbocycles. The van der Waals surface area contributed by atoms with Crippen LogP contribution in [0, 0.1) is 5.82 Å². The van der Waals surface area contributed by atoms with Crippen LogP contribution in [0.5, 0.6) is 0 Å². The van der Waals surface area contributed by atoms with Crippen molar-refractivity contribution in [2.75, 3.05) is 10.6 Å². The number of anilines is 2. The van der Waals surface area contributed by atoms with Gasteiger partial charge in [-0.05, 0) is 48.1 Å². The number of aromatic nitrogens is 2. The maximum absolute atomic E-state index is 13.1. The molecule has 0 fully saturated rings. The van der Waals surface area contributed by atoms with E-state index >= 15 is 0 Å². The lowest BCUT2D eigenvalue weighted by atomic mass is 10.2. The Labute approximate surface area is 169 Å². The van der Waals surface area contributed by atoms with E-state index in [1.165, 1.54) is 12.1 Å². The molecule has 0 amide bonds. The molecule has 3 rings (SSSR count). The van der Waals surface area contributed by atoms with Gasteiger partial charge >= 0.3 is 0 Å². The predicted octanol–water partition coefficient (Wildman–Crippen LogP) is 5.84. The summed E-state index contributed by atoms with van der Waals surface area (Å²) in [6, 6.07) is 9.31. The third-order valence-corrected chi connectivity index (χ3v) is 4.35. The van der Waals surface area contributed by atoms with Crippen LogP contribution in [0.1, 0.15) is 5.56 Å². The summed E-state index contributed by atoms with van der Waals surface area (Å²) in [5, 5.41) is 12.0. The highest BCUT2D eigenvalue weighted by Crippen LogP contribution is 2.23. The molecular formula is C17H12Cl3FN4S. The van der Waals surface area contributed by atoms with E-state index in [0.717, 1.165) is 5.56 Å². The average molecular weight is 430 g/mol. The molecule has 0 saturated carbocycles. The summed E-state index contributed by atoms with van der Waals surface area (Å²) in [7, 11) is 0. The number of nitrogens with one attached hydrogen (secondary N) is 2. The van der Waals surface area contributed by atoms with Crippen molar-refractivity contribution in [3.8, 4) is 0 Å². The topological polar surface area (TPSA) is 41.9 Å². The van der Waals surface area contributed by atoms with Gasteiger partial charge in [-0.25, -0.2) is 4.39 Å². The highest BCUT2D eigenvalue weighted by atomic mass is 35.5. The van der Waals surface area contributed by atoms with E-state index < -0.39 is 0 Å². The number of hydrogen-bond donors (Lipinski definition) is 2. The fraction of sp³-hybridized carbons (Fsp3) is 0.0588. The fourth-order valence-corrected chi connectivity index (χ4v) is 3.25. The maximum Gasteiger partial charge on any atom is 0.175 e. The molecule has 0 aliphatic carbocycles. The van der Waals surface area contributed by atoms with Gasteiger partial charge in [0, 0.05) is 27.0 Å². The zero-order chi connectivity index (χ0) is 18.7. The molecule has 1 heterocycles. The summed E-state index contributed by atoms with van der Waals surface area (Å²) in [5.41, 5.74) is 2.12. The minimum absolute atomic E-state index is 0.352. The molecule has 134 valence electrons. The van der Waals surface area contributed by atoms with Crippen LogP contribution in [0.4, 0.5) is 15.8 Å². The van der Waals surface area contributed by atoms with E-state index in [2.05, 4.69) is 15.7 Å². The summed E-state index contributed by atoms with van der Waals surface area (Å²) < 4.78 is 14.8. The van der Waals surface area contributed by atoms with Gasteiger partial charge in [0.15, 0.2) is 5.11 Å². The second-order valence-electron chi connectivity index (χ2n) is 5.40. The molecule has 4 nitrogen and oxygen atoms in total. The molecule has 0 unspecified atom stereocenters. The highest BCUT2D eigenvalue weighted by molar-refractivity contribution is 7.80. The molecule has 0 spiro atoms. The highest BCUT2D eigenvalue weighted by Gasteiger charge is 2.06. The Morgan fingerprint density at radius 3 is 2.42 bits per heavy atom. The molecule has 1 aromatic heterocycles. The van der Waals surface area contributed by atoms with Crippen molar-refractivity contribution in [1.82, 2.24) is 9.78 Å². The number of thiocarbonyl (C=S) groups is 1. The van der Waals surface area contributed by atoms with Gasteiger partial charge in [-0.15, -0.1) is 0 Å². The molecule has 0 atom stereocenters. The lowest BCUT2D eigenvalue weighted by molar-refractivity contribution is 0.624. The Kier molecular flexibility index (Phi) is 5.98. The van der Waals surface area contributed by atoms with Gasteiger partial charge in [-0.2, -0.15) is 5.10 Å². The number of hydrogen-bond acceptors (Lipinski definition) is 2. The van der Waals surface area contributed by atoms with Crippen molar-refractivity contribution in [2.45, 2.75) is 6.54 Å². The first-order valence-corrected chi connectivity index (χ1v) is 8.94. The Bertz CT molecular complexity index is 941. The predicted molar refractivity (Wildman–Crippen MR) is 109 cm³/mol. The molecule has 9 heteroatoms. The summed E-state index contributed by atoms with van der Waals surface area (Å²) >= 11 is 23.2. The van der Waals surface area contributed by atoms with Crippen LogP contribution in [0.25, 0.3) is 0 Å². The maximum atomic E-state index is 13.1. The van der Waals surface area contributed by atoms with E-state index in [4.69, 9.17) is 47.0 Å².